The van der Waals surface area contributed by atoms with Gasteiger partial charge in [0.1, 0.15) is 0 Å². The van der Waals surface area contributed by atoms with E-state index >= 15 is 9.59 Å². The first-order valence-corrected chi connectivity index (χ1v) is 21.0. The van der Waals surface area contributed by atoms with Crippen LogP contribution in [0.25, 0.3) is 55.3 Å². The Morgan fingerprint density at radius 2 is 0.946 bits per heavy atom. The predicted octanol–water partition coefficient (Wildman–Crippen LogP) is 11.2. The van der Waals surface area contributed by atoms with Gasteiger partial charge in [-0.25, -0.2) is 9.97 Å². The van der Waals surface area contributed by atoms with Gasteiger partial charge in [-0.3, -0.25) is 19.8 Å². The van der Waals surface area contributed by atoms with E-state index in [4.69, 9.17) is 9.97 Å². The fraction of sp³-hybridized carbons (Fsp3) is 0.0455. The number of aromatic nitrogens is 6. The van der Waals surface area contributed by atoms with E-state index in [0.717, 1.165) is 53.7 Å². The van der Waals surface area contributed by atoms with Crippen LogP contribution in [0.3, 0.4) is 0 Å². The lowest BCUT2D eigenvalue weighted by Gasteiger charge is -2.18. The fourth-order valence-electron chi connectivity index (χ4n) is 6.83. The summed E-state index contributed by atoms with van der Waals surface area (Å²) < 4.78 is 4.94. The first kappa shape index (κ1) is 36.0. The second-order valence-electron chi connectivity index (χ2n) is 13.2. The van der Waals surface area contributed by atoms with Crippen molar-refractivity contribution >= 4 is 54.5 Å². The van der Waals surface area contributed by atoms with E-state index in [9.17, 15) is 0 Å². The van der Waals surface area contributed by atoms with Crippen molar-refractivity contribution in [1.82, 2.24) is 29.5 Å². The normalized spacial score (nSPS) is 11.4. The summed E-state index contributed by atoms with van der Waals surface area (Å²) in [6.45, 7) is 2.02. The molecule has 8 nitrogen and oxygen atoms in total. The van der Waals surface area contributed by atoms with Crippen LogP contribution in [0.4, 0.5) is 0 Å². The van der Waals surface area contributed by atoms with Gasteiger partial charge in [0.05, 0.1) is 33.9 Å². The van der Waals surface area contributed by atoms with Crippen molar-refractivity contribution in [3.8, 4) is 55.3 Å². The number of hydrogen-bond donors (Lipinski definition) is 2. The highest BCUT2D eigenvalue weighted by Gasteiger charge is 2.34. The smallest absolute Gasteiger partial charge is 0.278 e. The monoisotopic (exact) mass is 896 g/mol. The van der Waals surface area contributed by atoms with Gasteiger partial charge in [0, 0.05) is 36.8 Å². The molecule has 0 saturated heterocycles. The third-order valence-electron chi connectivity index (χ3n) is 9.61. The van der Waals surface area contributed by atoms with Crippen molar-refractivity contribution in [3.63, 3.8) is 0 Å². The Labute approximate surface area is 346 Å². The van der Waals surface area contributed by atoms with Gasteiger partial charge in [-0.15, -0.1) is 22.7 Å². The molecule has 0 spiro atoms. The lowest BCUT2D eigenvalue weighted by molar-refractivity contribution is 0.829. The molecule has 274 valence electrons. The van der Waals surface area contributed by atoms with Gasteiger partial charge in [-0.2, -0.15) is 9.36 Å². The van der Waals surface area contributed by atoms with Crippen LogP contribution < -0.4 is 11.1 Å². The van der Waals surface area contributed by atoms with E-state index in [2.05, 4.69) is 42.1 Å². The third-order valence-corrected chi connectivity index (χ3v) is 12.3. The van der Waals surface area contributed by atoms with E-state index < -0.39 is 5.92 Å². The number of hydrogen-bond acceptors (Lipinski definition) is 6. The molecule has 12 heteroatoms. The SMILES string of the molecule is Cc1ccc(C(c2c(-c3ccccc3)[nH]n(-c3nc(-c4ccc(Br)cc4)cs3)c2=O)c2c(-c3ccccc3)[nH]n(-c3nc(-c4ccc(Br)cc4)cs3)c2=O)cc1. The van der Waals surface area contributed by atoms with Crippen molar-refractivity contribution in [1.29, 1.82) is 0 Å². The molecule has 0 amide bonds. The van der Waals surface area contributed by atoms with Crippen LogP contribution in [-0.2, 0) is 0 Å². The number of rotatable bonds is 9. The first-order valence-electron chi connectivity index (χ1n) is 17.6. The number of aryl methyl sites for hydroxylation is 1. The van der Waals surface area contributed by atoms with Crippen LogP contribution in [0.1, 0.15) is 28.2 Å². The summed E-state index contributed by atoms with van der Waals surface area (Å²) in [5.74, 6) is -0.798. The molecule has 9 rings (SSSR count). The number of nitrogens with one attached hydrogen (secondary N) is 2. The highest BCUT2D eigenvalue weighted by atomic mass is 79.9. The van der Waals surface area contributed by atoms with Crippen LogP contribution >= 0.6 is 54.5 Å². The summed E-state index contributed by atoms with van der Waals surface area (Å²) in [6.07, 6.45) is 0. The van der Waals surface area contributed by atoms with Crippen molar-refractivity contribution in [2.45, 2.75) is 12.8 Å². The van der Waals surface area contributed by atoms with Gasteiger partial charge in [-0.1, -0.05) is 147 Å². The third kappa shape index (κ3) is 6.79. The van der Waals surface area contributed by atoms with E-state index in [1.807, 2.05) is 151 Å². The largest absolute Gasteiger partial charge is 0.288 e. The minimum absolute atomic E-state index is 0.302. The molecule has 56 heavy (non-hydrogen) atoms. The molecular formula is C44H30Br2N6O2S2. The number of thiazole rings is 2. The predicted molar refractivity (Wildman–Crippen MR) is 233 cm³/mol. The Morgan fingerprint density at radius 1 is 0.536 bits per heavy atom. The summed E-state index contributed by atoms with van der Waals surface area (Å²) in [5.41, 5.74) is 8.27. The fourth-order valence-corrected chi connectivity index (χ4v) is 8.94. The Morgan fingerprint density at radius 3 is 1.36 bits per heavy atom. The van der Waals surface area contributed by atoms with Gasteiger partial charge >= 0.3 is 0 Å². The summed E-state index contributed by atoms with van der Waals surface area (Å²) in [6, 6.07) is 43.3. The van der Waals surface area contributed by atoms with Crippen LogP contribution in [0.15, 0.2) is 163 Å². The van der Waals surface area contributed by atoms with Gasteiger partial charge < -0.3 is 0 Å². The number of H-pyrrole nitrogens is 2. The number of halogens is 2. The van der Waals surface area contributed by atoms with Crippen molar-refractivity contribution in [2.75, 3.05) is 0 Å². The van der Waals surface area contributed by atoms with Crippen molar-refractivity contribution < 1.29 is 0 Å². The maximum absolute atomic E-state index is 15.2. The number of benzene rings is 5. The zero-order valence-corrected chi connectivity index (χ0v) is 34.4. The quantitative estimate of drug-likeness (QED) is 0.151. The lowest BCUT2D eigenvalue weighted by Crippen LogP contribution is -2.25. The highest BCUT2D eigenvalue weighted by Crippen LogP contribution is 2.39. The number of aromatic amines is 2. The molecule has 4 aromatic heterocycles. The Kier molecular flexibility index (Phi) is 9.72. The van der Waals surface area contributed by atoms with E-state index in [0.29, 0.717) is 32.8 Å². The minimum atomic E-state index is -0.798. The molecule has 2 N–H and O–H groups in total. The van der Waals surface area contributed by atoms with Crippen molar-refractivity contribution in [2.24, 2.45) is 0 Å². The van der Waals surface area contributed by atoms with Gasteiger partial charge in [0.15, 0.2) is 0 Å². The van der Waals surface area contributed by atoms with E-state index in [1.54, 1.807) is 0 Å². The topological polar surface area (TPSA) is 101 Å². The molecular weight excluding hydrogens is 868 g/mol. The molecule has 0 unspecified atom stereocenters. The molecule has 0 radical (unpaired) electrons. The molecule has 9 aromatic rings. The van der Waals surface area contributed by atoms with Gasteiger partial charge in [-0.05, 0) is 47.9 Å². The van der Waals surface area contributed by atoms with Crippen LogP contribution in [0.5, 0.6) is 0 Å². The average Bonchev–Trinajstić information content (AvgIpc) is 4.04. The van der Waals surface area contributed by atoms with Crippen LogP contribution in [0, 0.1) is 6.92 Å². The zero-order valence-electron chi connectivity index (χ0n) is 29.6. The minimum Gasteiger partial charge on any atom is -0.288 e. The van der Waals surface area contributed by atoms with Crippen molar-refractivity contribution in [3.05, 3.63) is 196 Å². The lowest BCUT2D eigenvalue weighted by atomic mass is 9.83. The molecule has 0 aliphatic carbocycles. The van der Waals surface area contributed by atoms with E-state index in [-0.39, 0.29) is 11.1 Å². The summed E-state index contributed by atoms with van der Waals surface area (Å²) in [7, 11) is 0. The zero-order chi connectivity index (χ0) is 38.3. The first-order chi connectivity index (χ1) is 27.3. The van der Waals surface area contributed by atoms with E-state index in [1.165, 1.54) is 32.0 Å². The molecule has 0 bridgehead atoms. The molecule has 0 atom stereocenters. The van der Waals surface area contributed by atoms with Crippen LogP contribution in [0.2, 0.25) is 0 Å². The molecule has 0 aliphatic heterocycles. The summed E-state index contributed by atoms with van der Waals surface area (Å²) in [4.78, 5) is 40.2. The molecule has 5 aromatic carbocycles. The molecule has 0 fully saturated rings. The summed E-state index contributed by atoms with van der Waals surface area (Å²) in [5, 5.41) is 11.7. The Hall–Kier alpha value is -5.66. The second-order valence-corrected chi connectivity index (χ2v) is 16.7. The maximum atomic E-state index is 15.2. The molecule has 0 aliphatic rings. The highest BCUT2D eigenvalue weighted by molar-refractivity contribution is 9.10. The number of nitrogens with zero attached hydrogens (tertiary/aromatic N) is 4. The van der Waals surface area contributed by atoms with Crippen LogP contribution in [-0.4, -0.2) is 29.5 Å². The van der Waals surface area contributed by atoms with Gasteiger partial charge in [0.25, 0.3) is 11.1 Å². The Balaban J connectivity index is 1.29. The second kappa shape index (κ2) is 15.1. The average molecular weight is 899 g/mol. The maximum Gasteiger partial charge on any atom is 0.278 e. The standard InChI is InChI=1S/C44H30Br2N6O2S2/c1-26-12-14-29(15-13-26)36(37-39(30-8-4-2-5-9-30)49-51(41(37)53)43-47-34(24-55-43)27-16-20-32(45)21-17-27)38-40(31-10-6-3-7-11-31)50-52(42(38)54)44-48-35(25-56-44)28-18-22-33(46)23-19-28/h2-25,36,49-50H,1H3. The van der Waals surface area contributed by atoms with Gasteiger partial charge in [0.2, 0.25) is 10.3 Å². The molecule has 4 heterocycles. The Bertz CT molecular complexity index is 2750. The summed E-state index contributed by atoms with van der Waals surface area (Å²) >= 11 is 9.77. The molecule has 0 saturated carbocycles.